The van der Waals surface area contributed by atoms with Gasteiger partial charge in [-0.3, -0.25) is 4.90 Å². The van der Waals surface area contributed by atoms with E-state index in [1.165, 1.54) is 32.4 Å². The van der Waals surface area contributed by atoms with Crippen LogP contribution in [0.1, 0.15) is 19.3 Å². The summed E-state index contributed by atoms with van der Waals surface area (Å²) in [4.78, 5) is 11.1. The fourth-order valence-corrected chi connectivity index (χ4v) is 3.59. The van der Waals surface area contributed by atoms with Gasteiger partial charge in [-0.05, 0) is 41.7 Å². The topological polar surface area (TPSA) is 53.1 Å². The molecule has 2 N–H and O–H groups in total. The van der Waals surface area contributed by atoms with E-state index in [0.29, 0.717) is 12.1 Å². The second-order valence-electron chi connectivity index (χ2n) is 4.92. The number of anilines is 2. The van der Waals surface area contributed by atoms with Gasteiger partial charge in [0.25, 0.3) is 0 Å². The third-order valence-electron chi connectivity index (χ3n) is 3.95. The molecule has 0 bridgehead atoms. The summed E-state index contributed by atoms with van der Waals surface area (Å²) in [6.07, 6.45) is 5.44. The summed E-state index contributed by atoms with van der Waals surface area (Å²) < 4.78 is 0.920. The maximum absolute atomic E-state index is 4.34. The lowest BCUT2D eigenvalue weighted by Crippen LogP contribution is -2.34. The highest BCUT2D eigenvalue weighted by Gasteiger charge is 2.37. The maximum Gasteiger partial charge on any atom is 0.146 e. The quantitative estimate of drug-likeness (QED) is 0.893. The molecule has 2 saturated heterocycles. The molecule has 2 unspecified atom stereocenters. The summed E-state index contributed by atoms with van der Waals surface area (Å²) in [6, 6.07) is 1.20. The Kier molecular flexibility index (Phi) is 3.39. The minimum Gasteiger partial charge on any atom is -0.372 e. The largest absolute Gasteiger partial charge is 0.372 e. The molecule has 0 saturated carbocycles. The van der Waals surface area contributed by atoms with Crippen LogP contribution < -0.4 is 10.6 Å². The molecule has 18 heavy (non-hydrogen) atoms. The fourth-order valence-electron chi connectivity index (χ4n) is 3.07. The van der Waals surface area contributed by atoms with Crippen LogP contribution in [0, 0.1) is 0 Å². The summed E-state index contributed by atoms with van der Waals surface area (Å²) in [6.45, 7) is 2.47. The van der Waals surface area contributed by atoms with Crippen molar-refractivity contribution in [3.63, 3.8) is 0 Å². The second-order valence-corrected chi connectivity index (χ2v) is 5.71. The van der Waals surface area contributed by atoms with Crippen LogP contribution in [0.5, 0.6) is 0 Å². The van der Waals surface area contributed by atoms with Crippen molar-refractivity contribution in [3.05, 3.63) is 10.8 Å². The Hall–Kier alpha value is -0.880. The molecule has 2 aliphatic heterocycles. The minimum absolute atomic E-state index is 0.517. The molecule has 3 rings (SSSR count). The lowest BCUT2D eigenvalue weighted by atomic mass is 10.1. The van der Waals surface area contributed by atoms with Crippen LogP contribution in [-0.4, -0.2) is 47.1 Å². The number of hydrogen-bond acceptors (Lipinski definition) is 5. The number of aromatic nitrogens is 2. The zero-order chi connectivity index (χ0) is 12.5. The van der Waals surface area contributed by atoms with Crippen molar-refractivity contribution in [3.8, 4) is 0 Å². The van der Waals surface area contributed by atoms with E-state index in [2.05, 4.69) is 41.4 Å². The lowest BCUT2D eigenvalue weighted by molar-refractivity contribution is 0.318. The van der Waals surface area contributed by atoms with Gasteiger partial charge in [0.05, 0.1) is 0 Å². The van der Waals surface area contributed by atoms with Gasteiger partial charge >= 0.3 is 0 Å². The van der Waals surface area contributed by atoms with E-state index in [1.807, 2.05) is 7.05 Å². The Balaban J connectivity index is 1.76. The average molecular weight is 312 g/mol. The van der Waals surface area contributed by atoms with Crippen molar-refractivity contribution in [2.75, 3.05) is 30.8 Å². The SMILES string of the molecule is CNc1ncnc(NC2CCN3CCCC23)c1Br. The monoisotopic (exact) mass is 311 g/mol. The zero-order valence-corrected chi connectivity index (χ0v) is 12.1. The van der Waals surface area contributed by atoms with Crippen LogP contribution >= 0.6 is 15.9 Å². The number of halogens is 1. The van der Waals surface area contributed by atoms with Crippen molar-refractivity contribution in [1.29, 1.82) is 0 Å². The van der Waals surface area contributed by atoms with E-state index >= 15 is 0 Å². The van der Waals surface area contributed by atoms with Crippen molar-refractivity contribution in [1.82, 2.24) is 14.9 Å². The van der Waals surface area contributed by atoms with Crippen molar-refractivity contribution in [2.24, 2.45) is 0 Å². The molecule has 0 spiro atoms. The Labute approximate surface area is 116 Å². The van der Waals surface area contributed by atoms with Crippen LogP contribution in [0.25, 0.3) is 0 Å². The zero-order valence-electron chi connectivity index (χ0n) is 10.5. The number of fused-ring (bicyclic) bond motifs is 1. The molecule has 0 amide bonds. The first kappa shape index (κ1) is 12.2. The molecule has 98 valence electrons. The fraction of sp³-hybridized carbons (Fsp3) is 0.667. The molecular weight excluding hydrogens is 294 g/mol. The minimum atomic E-state index is 0.517. The number of nitrogens with one attached hydrogen (secondary N) is 2. The third-order valence-corrected chi connectivity index (χ3v) is 4.71. The van der Waals surface area contributed by atoms with Gasteiger partial charge in [-0.25, -0.2) is 9.97 Å². The predicted molar refractivity (Wildman–Crippen MR) is 75.9 cm³/mol. The highest BCUT2D eigenvalue weighted by atomic mass is 79.9. The predicted octanol–water partition coefficient (Wildman–Crippen LogP) is 1.93. The Bertz CT molecular complexity index is 438. The molecule has 0 aliphatic carbocycles. The van der Waals surface area contributed by atoms with Gasteiger partial charge in [0.1, 0.15) is 22.4 Å². The molecule has 0 aromatic carbocycles. The molecule has 5 nitrogen and oxygen atoms in total. The van der Waals surface area contributed by atoms with E-state index in [9.17, 15) is 0 Å². The summed E-state index contributed by atoms with van der Waals surface area (Å²) in [7, 11) is 1.87. The van der Waals surface area contributed by atoms with Crippen molar-refractivity contribution >= 4 is 27.6 Å². The highest BCUT2D eigenvalue weighted by Crippen LogP contribution is 2.32. The van der Waals surface area contributed by atoms with E-state index < -0.39 is 0 Å². The van der Waals surface area contributed by atoms with Crippen LogP contribution in [-0.2, 0) is 0 Å². The van der Waals surface area contributed by atoms with Crippen molar-refractivity contribution < 1.29 is 0 Å². The molecule has 1 aromatic heterocycles. The second kappa shape index (κ2) is 5.01. The summed E-state index contributed by atoms with van der Waals surface area (Å²) in [5.74, 6) is 1.72. The Morgan fingerprint density at radius 1 is 1.28 bits per heavy atom. The molecule has 2 aliphatic rings. The molecule has 6 heteroatoms. The van der Waals surface area contributed by atoms with Gasteiger partial charge in [0.2, 0.25) is 0 Å². The normalized spacial score (nSPS) is 27.2. The molecule has 1 aromatic rings. The molecular formula is C12H18BrN5. The summed E-state index contributed by atoms with van der Waals surface area (Å²) in [5.41, 5.74) is 0. The van der Waals surface area contributed by atoms with E-state index in [0.717, 1.165) is 16.1 Å². The average Bonchev–Trinajstić information content (AvgIpc) is 2.96. The van der Waals surface area contributed by atoms with E-state index in [4.69, 9.17) is 0 Å². The van der Waals surface area contributed by atoms with Gasteiger partial charge in [-0.2, -0.15) is 0 Å². The number of rotatable bonds is 3. The van der Waals surface area contributed by atoms with Gasteiger partial charge in [0, 0.05) is 25.7 Å². The van der Waals surface area contributed by atoms with E-state index in [-0.39, 0.29) is 0 Å². The van der Waals surface area contributed by atoms with E-state index in [1.54, 1.807) is 6.33 Å². The molecule has 2 fully saturated rings. The standard InChI is InChI=1S/C12H18BrN5/c1-14-11-10(13)12(16-7-15-11)17-8-4-6-18-5-2-3-9(8)18/h7-9H,2-6H2,1H3,(H2,14,15,16,17). The molecule has 3 heterocycles. The smallest absolute Gasteiger partial charge is 0.146 e. The van der Waals surface area contributed by atoms with Crippen LogP contribution in [0.2, 0.25) is 0 Å². The van der Waals surface area contributed by atoms with Crippen molar-refractivity contribution in [2.45, 2.75) is 31.3 Å². The number of nitrogens with zero attached hydrogens (tertiary/aromatic N) is 3. The van der Waals surface area contributed by atoms with Crippen LogP contribution in [0.4, 0.5) is 11.6 Å². The van der Waals surface area contributed by atoms with Crippen LogP contribution in [0.3, 0.4) is 0 Å². The Morgan fingerprint density at radius 3 is 2.94 bits per heavy atom. The first-order valence-corrected chi connectivity index (χ1v) is 7.27. The van der Waals surface area contributed by atoms with Gasteiger partial charge in [0.15, 0.2) is 0 Å². The Morgan fingerprint density at radius 2 is 2.11 bits per heavy atom. The highest BCUT2D eigenvalue weighted by molar-refractivity contribution is 9.10. The summed E-state index contributed by atoms with van der Waals surface area (Å²) >= 11 is 3.56. The van der Waals surface area contributed by atoms with Gasteiger partial charge in [-0.1, -0.05) is 0 Å². The maximum atomic E-state index is 4.34. The first-order valence-electron chi connectivity index (χ1n) is 6.48. The first-order chi connectivity index (χ1) is 8.79. The number of hydrogen-bond donors (Lipinski definition) is 2. The summed E-state index contributed by atoms with van der Waals surface area (Å²) in [5, 5.41) is 6.63. The molecule has 0 radical (unpaired) electrons. The van der Waals surface area contributed by atoms with Crippen LogP contribution in [0.15, 0.2) is 10.8 Å². The van der Waals surface area contributed by atoms with Gasteiger partial charge < -0.3 is 10.6 Å². The van der Waals surface area contributed by atoms with Gasteiger partial charge in [-0.15, -0.1) is 0 Å². The third kappa shape index (κ3) is 2.07. The lowest BCUT2D eigenvalue weighted by Gasteiger charge is -2.22. The molecule has 2 atom stereocenters.